The second kappa shape index (κ2) is 7.22. The Morgan fingerprint density at radius 3 is 2.48 bits per heavy atom. The summed E-state index contributed by atoms with van der Waals surface area (Å²) in [5.74, 6) is -2.27. The maximum absolute atomic E-state index is 15.8. The molecule has 1 fully saturated rings. The zero-order chi connectivity index (χ0) is 21.8. The van der Waals surface area contributed by atoms with Crippen molar-refractivity contribution in [3.05, 3.63) is 59.2 Å². The summed E-state index contributed by atoms with van der Waals surface area (Å²) in [7, 11) is 0. The quantitative estimate of drug-likeness (QED) is 0.593. The van der Waals surface area contributed by atoms with Gasteiger partial charge in [-0.3, -0.25) is 0 Å². The lowest BCUT2D eigenvalue weighted by atomic mass is 9.81. The average molecular weight is 421 g/mol. The van der Waals surface area contributed by atoms with Crippen LogP contribution in [0.3, 0.4) is 0 Å². The van der Waals surface area contributed by atoms with Crippen LogP contribution in [-0.4, -0.2) is 32.4 Å². The smallest absolute Gasteiger partial charge is 0.343 e. The van der Waals surface area contributed by atoms with Gasteiger partial charge in [-0.05, 0) is 42.0 Å². The molecular weight excluding hydrogens is 397 g/mol. The summed E-state index contributed by atoms with van der Waals surface area (Å²) in [4.78, 5) is 23.6. The predicted molar refractivity (Wildman–Crippen MR) is 115 cm³/mol. The molecule has 1 saturated carbocycles. The third-order valence-corrected chi connectivity index (χ3v) is 6.90. The molecule has 2 aromatic carbocycles. The van der Waals surface area contributed by atoms with Gasteiger partial charge in [-0.15, -0.1) is 0 Å². The van der Waals surface area contributed by atoms with Crippen LogP contribution in [-0.2, 0) is 17.8 Å². The van der Waals surface area contributed by atoms with E-state index < -0.39 is 17.6 Å². The lowest BCUT2D eigenvalue weighted by Crippen LogP contribution is -2.39. The summed E-state index contributed by atoms with van der Waals surface area (Å²) in [5.41, 5.74) is 1.70. The van der Waals surface area contributed by atoms with E-state index in [4.69, 9.17) is 0 Å². The predicted octanol–water partition coefficient (Wildman–Crippen LogP) is 5.40. The third-order valence-electron chi connectivity index (χ3n) is 6.90. The first kappa shape index (κ1) is 19.8. The topological polar surface area (TPSA) is 79.5 Å². The third kappa shape index (κ3) is 3.12. The highest BCUT2D eigenvalue weighted by Gasteiger charge is 2.44. The van der Waals surface area contributed by atoms with Crippen LogP contribution in [0.4, 0.5) is 4.39 Å². The van der Waals surface area contributed by atoms with Crippen molar-refractivity contribution in [1.29, 1.82) is 0 Å². The number of halogens is 1. The molecule has 1 atom stereocenters. The van der Waals surface area contributed by atoms with Gasteiger partial charge in [0, 0.05) is 22.9 Å². The molecule has 5 rings (SSSR count). The van der Waals surface area contributed by atoms with E-state index >= 15 is 4.39 Å². The molecule has 0 amide bonds. The van der Waals surface area contributed by atoms with E-state index in [0.29, 0.717) is 11.1 Å². The van der Waals surface area contributed by atoms with E-state index in [-0.39, 0.29) is 24.4 Å². The van der Waals surface area contributed by atoms with Crippen LogP contribution in [0.25, 0.3) is 22.2 Å². The van der Waals surface area contributed by atoms with Crippen LogP contribution in [0, 0.1) is 0 Å². The molecule has 1 aromatic heterocycles. The van der Waals surface area contributed by atoms with E-state index in [0.717, 1.165) is 47.9 Å². The zero-order valence-electron chi connectivity index (χ0n) is 17.1. The van der Waals surface area contributed by atoms with Gasteiger partial charge in [-0.25, -0.2) is 14.0 Å². The van der Waals surface area contributed by atoms with Crippen molar-refractivity contribution in [1.82, 2.24) is 4.57 Å². The monoisotopic (exact) mass is 421 g/mol. The fourth-order valence-corrected chi connectivity index (χ4v) is 5.43. The maximum Gasteiger partial charge on any atom is 0.343 e. The Labute approximate surface area is 179 Å². The van der Waals surface area contributed by atoms with E-state index in [1.54, 1.807) is 22.8 Å². The van der Waals surface area contributed by atoms with Crippen molar-refractivity contribution in [3.8, 4) is 11.3 Å². The number of hydrogen-bond acceptors (Lipinski definition) is 2. The van der Waals surface area contributed by atoms with Gasteiger partial charge in [-0.1, -0.05) is 49.6 Å². The number of benzene rings is 2. The molecule has 1 unspecified atom stereocenters. The molecule has 160 valence electrons. The Hall–Kier alpha value is -3.15. The molecule has 6 heteroatoms. The minimum absolute atomic E-state index is 0.111. The van der Waals surface area contributed by atoms with Gasteiger partial charge in [0.15, 0.2) is 0 Å². The van der Waals surface area contributed by atoms with Crippen LogP contribution in [0.2, 0.25) is 0 Å². The van der Waals surface area contributed by atoms with Crippen molar-refractivity contribution in [2.45, 2.75) is 56.7 Å². The Morgan fingerprint density at radius 1 is 1.03 bits per heavy atom. The first-order valence-corrected chi connectivity index (χ1v) is 10.8. The van der Waals surface area contributed by atoms with Gasteiger partial charge in [0.2, 0.25) is 5.67 Å². The lowest BCUT2D eigenvalue weighted by molar-refractivity contribution is -0.151. The van der Waals surface area contributed by atoms with Crippen molar-refractivity contribution in [3.63, 3.8) is 0 Å². The molecule has 2 heterocycles. The number of aliphatic carboxylic acids is 1. The molecular formula is C25H24FNO4. The van der Waals surface area contributed by atoms with E-state index in [1.165, 1.54) is 6.42 Å². The number of carbonyl (C=O) groups is 2. The summed E-state index contributed by atoms with van der Waals surface area (Å²) < 4.78 is 17.5. The van der Waals surface area contributed by atoms with Crippen LogP contribution in [0.15, 0.2) is 42.5 Å². The summed E-state index contributed by atoms with van der Waals surface area (Å²) >= 11 is 0. The number of aromatic carboxylic acids is 1. The molecule has 3 aromatic rings. The second-order valence-corrected chi connectivity index (χ2v) is 8.82. The van der Waals surface area contributed by atoms with E-state index in [9.17, 15) is 19.8 Å². The summed E-state index contributed by atoms with van der Waals surface area (Å²) in [6.07, 6.45) is 5.26. The number of hydrogen-bond donors (Lipinski definition) is 2. The number of aromatic nitrogens is 1. The van der Waals surface area contributed by atoms with Gasteiger partial charge in [0.25, 0.3) is 0 Å². The molecule has 2 N–H and O–H groups in total. The molecule has 0 bridgehead atoms. The number of nitrogens with zero attached hydrogens (tertiary/aromatic N) is 1. The average Bonchev–Trinajstić information content (AvgIpc) is 2.99. The van der Waals surface area contributed by atoms with Crippen LogP contribution >= 0.6 is 0 Å². The number of fused-ring (bicyclic) bond motifs is 5. The summed E-state index contributed by atoms with van der Waals surface area (Å²) in [6.45, 7) is -0.349. The number of alkyl halides is 1. The Bertz CT molecular complexity index is 1210. The Kier molecular flexibility index (Phi) is 4.61. The zero-order valence-corrected chi connectivity index (χ0v) is 17.1. The molecule has 0 saturated heterocycles. The standard InChI is InChI=1S/C25H24FNO4/c26-25(24(30)31)13-17-8-4-5-9-18(17)22-21(15-6-2-1-3-7-15)19-11-10-16(23(28)29)12-20(19)27(22)14-25/h4-5,8-12,15H,1-3,6-7,13-14H2,(H,28,29)(H,30,31). The molecule has 0 spiro atoms. The Morgan fingerprint density at radius 2 is 1.77 bits per heavy atom. The highest BCUT2D eigenvalue weighted by Crippen LogP contribution is 2.47. The van der Waals surface area contributed by atoms with Crippen molar-refractivity contribution < 1.29 is 24.2 Å². The first-order valence-electron chi connectivity index (χ1n) is 10.8. The highest BCUT2D eigenvalue weighted by atomic mass is 19.1. The molecule has 1 aliphatic carbocycles. The molecule has 1 aliphatic heterocycles. The summed E-state index contributed by atoms with van der Waals surface area (Å²) in [5, 5.41) is 20.2. The van der Waals surface area contributed by atoms with Gasteiger partial charge in [0.05, 0.1) is 17.8 Å². The Balaban J connectivity index is 1.88. The largest absolute Gasteiger partial charge is 0.479 e. The van der Waals surface area contributed by atoms with E-state index in [1.807, 2.05) is 24.3 Å². The lowest BCUT2D eigenvalue weighted by Gasteiger charge is -2.24. The summed E-state index contributed by atoms with van der Waals surface area (Å²) in [6, 6.07) is 12.4. The minimum Gasteiger partial charge on any atom is -0.479 e. The molecule has 0 radical (unpaired) electrons. The van der Waals surface area contributed by atoms with Crippen molar-refractivity contribution >= 4 is 22.8 Å². The van der Waals surface area contributed by atoms with Crippen molar-refractivity contribution in [2.24, 2.45) is 0 Å². The molecule has 31 heavy (non-hydrogen) atoms. The fourth-order valence-electron chi connectivity index (χ4n) is 5.43. The number of carboxylic acids is 2. The van der Waals surface area contributed by atoms with Crippen LogP contribution in [0.1, 0.15) is 59.5 Å². The van der Waals surface area contributed by atoms with Gasteiger partial charge < -0.3 is 14.8 Å². The minimum atomic E-state index is -2.48. The second-order valence-electron chi connectivity index (χ2n) is 8.82. The fraction of sp³-hybridized carbons (Fsp3) is 0.360. The maximum atomic E-state index is 15.8. The molecule has 2 aliphatic rings. The number of rotatable bonds is 3. The van der Waals surface area contributed by atoms with Gasteiger partial charge in [-0.2, -0.15) is 0 Å². The van der Waals surface area contributed by atoms with Gasteiger partial charge in [0.1, 0.15) is 0 Å². The van der Waals surface area contributed by atoms with E-state index in [2.05, 4.69) is 0 Å². The SMILES string of the molecule is O=C(O)c1ccc2c(C3CCCCC3)c3n(c2c1)CC(F)(C(=O)O)Cc1ccccc1-3. The van der Waals surface area contributed by atoms with Crippen LogP contribution < -0.4 is 0 Å². The highest BCUT2D eigenvalue weighted by molar-refractivity contribution is 5.99. The first-order chi connectivity index (χ1) is 14.9. The normalized spacial score (nSPS) is 21.3. The van der Waals surface area contributed by atoms with Gasteiger partial charge >= 0.3 is 11.9 Å². The van der Waals surface area contributed by atoms with Crippen molar-refractivity contribution in [2.75, 3.05) is 0 Å². The van der Waals surface area contributed by atoms with Crippen LogP contribution in [0.5, 0.6) is 0 Å². The molecule has 5 nitrogen and oxygen atoms in total. The number of carboxylic acid groups (broad SMARTS) is 2.